The third-order valence-electron chi connectivity index (χ3n) is 5.29. The van der Waals surface area contributed by atoms with E-state index in [-0.39, 0.29) is 6.42 Å². The van der Waals surface area contributed by atoms with E-state index < -0.39 is 29.5 Å². The van der Waals surface area contributed by atoms with Crippen LogP contribution in [0, 0.1) is 0 Å². The molecule has 2 atom stereocenters. The van der Waals surface area contributed by atoms with E-state index in [1.807, 2.05) is 37.3 Å². The van der Waals surface area contributed by atoms with Gasteiger partial charge in [-0.1, -0.05) is 49.0 Å². The Morgan fingerprint density at radius 3 is 2.39 bits per heavy atom. The summed E-state index contributed by atoms with van der Waals surface area (Å²) in [5, 5.41) is 12.4. The number of aryl methyl sites for hydroxylation is 1. The van der Waals surface area contributed by atoms with Crippen molar-refractivity contribution in [1.29, 1.82) is 0 Å². The number of hydrogen-bond acceptors (Lipinski definition) is 4. The van der Waals surface area contributed by atoms with Crippen LogP contribution in [0.2, 0.25) is 0 Å². The lowest BCUT2D eigenvalue weighted by Gasteiger charge is -2.25. The van der Waals surface area contributed by atoms with Gasteiger partial charge in [-0.25, -0.2) is 14.5 Å². The van der Waals surface area contributed by atoms with Gasteiger partial charge in [0.05, 0.1) is 0 Å². The number of benzene rings is 2. The number of carbonyl (C=O) groups is 3. The Kier molecular flexibility index (Phi) is 6.44. The molecule has 1 aliphatic rings. The van der Waals surface area contributed by atoms with E-state index in [4.69, 9.17) is 4.74 Å². The fourth-order valence-electron chi connectivity index (χ4n) is 3.54. The molecule has 2 N–H and O–H groups in total. The Balaban J connectivity index is 1.78. The van der Waals surface area contributed by atoms with E-state index in [0.717, 1.165) is 16.0 Å². The third-order valence-corrected chi connectivity index (χ3v) is 5.29. The average Bonchev–Trinajstić information content (AvgIpc) is 2.97. The first kappa shape index (κ1) is 22.1. The monoisotopic (exact) mass is 422 g/mol. The van der Waals surface area contributed by atoms with Crippen molar-refractivity contribution in [3.63, 3.8) is 0 Å². The van der Waals surface area contributed by atoms with Crippen LogP contribution in [0.25, 0.3) is 0 Å². The number of rotatable bonds is 9. The molecule has 0 aromatic heterocycles. The zero-order valence-electron chi connectivity index (χ0n) is 17.6. The molecule has 162 valence electrons. The third kappa shape index (κ3) is 4.77. The fourth-order valence-corrected chi connectivity index (χ4v) is 3.54. The molecule has 0 bridgehead atoms. The smallest absolute Gasteiger partial charge is 0.327 e. The van der Waals surface area contributed by atoms with Crippen LogP contribution in [0.15, 0.2) is 66.7 Å². The number of carbonyl (C=O) groups excluding carboxylic acids is 2. The van der Waals surface area contributed by atoms with Gasteiger partial charge in [0.2, 0.25) is 0 Å². The molecule has 3 amide bonds. The second kappa shape index (κ2) is 9.04. The van der Waals surface area contributed by atoms with Gasteiger partial charge in [0.25, 0.3) is 5.91 Å². The van der Waals surface area contributed by atoms with Crippen molar-refractivity contribution in [3.05, 3.63) is 77.9 Å². The van der Waals surface area contributed by atoms with Crippen molar-refractivity contribution >= 4 is 17.9 Å². The van der Waals surface area contributed by atoms with Crippen molar-refractivity contribution in [1.82, 2.24) is 10.2 Å². The van der Waals surface area contributed by atoms with E-state index in [1.54, 1.807) is 31.2 Å². The fraction of sp³-hybridized carbons (Fsp3) is 0.292. The summed E-state index contributed by atoms with van der Waals surface area (Å²) >= 11 is 0. The molecular formula is C24H26N2O5. The lowest BCUT2D eigenvalue weighted by molar-refractivity contribution is -0.148. The maximum atomic E-state index is 13.2. The Morgan fingerprint density at radius 1 is 1.16 bits per heavy atom. The Labute approximate surface area is 181 Å². The van der Waals surface area contributed by atoms with Crippen LogP contribution in [-0.4, -0.2) is 40.6 Å². The van der Waals surface area contributed by atoms with Gasteiger partial charge in [-0.3, -0.25) is 4.79 Å². The molecule has 2 unspecified atom stereocenters. The van der Waals surface area contributed by atoms with E-state index in [0.29, 0.717) is 24.3 Å². The van der Waals surface area contributed by atoms with Gasteiger partial charge in [0.15, 0.2) is 0 Å². The molecule has 0 aliphatic carbocycles. The molecule has 1 heterocycles. The number of ether oxygens (including phenoxy) is 1. The highest BCUT2D eigenvalue weighted by Gasteiger charge is 2.52. The summed E-state index contributed by atoms with van der Waals surface area (Å²) in [4.78, 5) is 38.7. The Bertz CT molecular complexity index is 987. The normalized spacial score (nSPS) is 19.1. The van der Waals surface area contributed by atoms with Crippen molar-refractivity contribution < 1.29 is 24.2 Å². The van der Waals surface area contributed by atoms with Crippen LogP contribution in [0.5, 0.6) is 5.75 Å². The predicted molar refractivity (Wildman–Crippen MR) is 116 cm³/mol. The van der Waals surface area contributed by atoms with Gasteiger partial charge < -0.3 is 15.2 Å². The first-order chi connectivity index (χ1) is 14.7. The molecule has 7 heteroatoms. The standard InChI is InChI=1S/C24H26N2O5/c1-16(2)15-31-19-12-10-18(11-13-19)24(3)22(29)26(23(30)25-24)20(21(27)28)14-9-17-7-5-4-6-8-17/h4-8,10-13,20H,1,9,14-15H2,2-3H3,(H,25,30)(H,27,28). The van der Waals surface area contributed by atoms with Gasteiger partial charge in [-0.2, -0.15) is 0 Å². The highest BCUT2D eigenvalue weighted by Crippen LogP contribution is 2.32. The minimum absolute atomic E-state index is 0.127. The average molecular weight is 422 g/mol. The van der Waals surface area contributed by atoms with Crippen LogP contribution in [0.3, 0.4) is 0 Å². The van der Waals surface area contributed by atoms with E-state index in [2.05, 4.69) is 11.9 Å². The molecular weight excluding hydrogens is 396 g/mol. The van der Waals surface area contributed by atoms with Crippen LogP contribution < -0.4 is 10.1 Å². The zero-order valence-corrected chi connectivity index (χ0v) is 17.6. The van der Waals surface area contributed by atoms with Crippen molar-refractivity contribution in [2.24, 2.45) is 0 Å². The molecule has 3 rings (SSSR count). The first-order valence-electron chi connectivity index (χ1n) is 10.0. The summed E-state index contributed by atoms with van der Waals surface area (Å²) in [7, 11) is 0. The number of hydrogen-bond donors (Lipinski definition) is 2. The largest absolute Gasteiger partial charge is 0.489 e. The minimum atomic E-state index is -1.36. The topological polar surface area (TPSA) is 95.9 Å². The van der Waals surface area contributed by atoms with Gasteiger partial charge >= 0.3 is 12.0 Å². The summed E-state index contributed by atoms with van der Waals surface area (Å²) in [6, 6.07) is 14.2. The quantitative estimate of drug-likeness (QED) is 0.476. The maximum absolute atomic E-state index is 13.2. The summed E-state index contributed by atoms with van der Waals surface area (Å²) in [5.41, 5.74) is 1.00. The van der Waals surface area contributed by atoms with Crippen LogP contribution in [-0.2, 0) is 21.5 Å². The summed E-state index contributed by atoms with van der Waals surface area (Å²) in [5.74, 6) is -1.20. The van der Waals surface area contributed by atoms with E-state index in [9.17, 15) is 19.5 Å². The van der Waals surface area contributed by atoms with Crippen molar-refractivity contribution in [2.75, 3.05) is 6.61 Å². The molecule has 2 aromatic rings. The zero-order chi connectivity index (χ0) is 22.6. The second-order valence-electron chi connectivity index (χ2n) is 7.88. The van der Waals surface area contributed by atoms with Crippen molar-refractivity contribution in [3.8, 4) is 5.75 Å². The summed E-state index contributed by atoms with van der Waals surface area (Å²) in [6.07, 6.45) is 0.558. The maximum Gasteiger partial charge on any atom is 0.327 e. The lowest BCUT2D eigenvalue weighted by Crippen LogP contribution is -2.47. The molecule has 1 aliphatic heterocycles. The predicted octanol–water partition coefficient (Wildman–Crippen LogP) is 3.49. The molecule has 0 radical (unpaired) electrons. The SMILES string of the molecule is C=C(C)COc1ccc(C2(C)NC(=O)N(C(CCc3ccccc3)C(=O)O)C2=O)cc1. The van der Waals surface area contributed by atoms with Gasteiger partial charge in [0, 0.05) is 0 Å². The first-order valence-corrected chi connectivity index (χ1v) is 10.0. The van der Waals surface area contributed by atoms with Gasteiger partial charge in [0.1, 0.15) is 23.9 Å². The molecule has 0 spiro atoms. The van der Waals surface area contributed by atoms with Crippen LogP contribution in [0.1, 0.15) is 31.4 Å². The number of carboxylic acids is 1. The number of urea groups is 1. The summed E-state index contributed by atoms with van der Waals surface area (Å²) in [6.45, 7) is 7.59. The molecule has 1 fully saturated rings. The van der Waals surface area contributed by atoms with Gasteiger partial charge in [-0.05, 0) is 55.5 Å². The highest BCUT2D eigenvalue weighted by molar-refractivity contribution is 6.09. The van der Waals surface area contributed by atoms with Gasteiger partial charge in [-0.15, -0.1) is 0 Å². The molecule has 2 aromatic carbocycles. The number of amides is 3. The second-order valence-corrected chi connectivity index (χ2v) is 7.88. The number of nitrogens with one attached hydrogen (secondary N) is 1. The number of carboxylic acid groups (broad SMARTS) is 1. The summed E-state index contributed by atoms with van der Waals surface area (Å²) < 4.78 is 5.57. The Morgan fingerprint density at radius 2 is 1.81 bits per heavy atom. The number of aliphatic carboxylic acids is 1. The molecule has 7 nitrogen and oxygen atoms in total. The van der Waals surface area contributed by atoms with Crippen LogP contribution >= 0.6 is 0 Å². The molecule has 0 saturated carbocycles. The highest BCUT2D eigenvalue weighted by atomic mass is 16.5. The number of nitrogens with zero attached hydrogens (tertiary/aromatic N) is 1. The molecule has 31 heavy (non-hydrogen) atoms. The van der Waals surface area contributed by atoms with Crippen molar-refractivity contribution in [2.45, 2.75) is 38.3 Å². The number of imide groups is 1. The van der Waals surface area contributed by atoms with E-state index >= 15 is 0 Å². The minimum Gasteiger partial charge on any atom is -0.489 e. The Hall–Kier alpha value is -3.61. The lowest BCUT2D eigenvalue weighted by atomic mass is 9.91. The van der Waals surface area contributed by atoms with Crippen LogP contribution in [0.4, 0.5) is 4.79 Å². The molecule has 1 saturated heterocycles. The van der Waals surface area contributed by atoms with E-state index in [1.165, 1.54) is 0 Å².